The Kier molecular flexibility index (Phi) is 5.29. The standard InChI is InChI=1S/C13H21NO2/c1-11-4-6-13(7-5-11)16-9-8-14(3)12(2)10-15/h4-7,12,15H,8-10H2,1-3H3. The molecule has 90 valence electrons. The minimum atomic E-state index is 0.182. The van der Waals surface area contributed by atoms with Crippen LogP contribution in [0.3, 0.4) is 0 Å². The summed E-state index contributed by atoms with van der Waals surface area (Å²) >= 11 is 0. The zero-order valence-corrected chi connectivity index (χ0v) is 10.3. The summed E-state index contributed by atoms with van der Waals surface area (Å²) in [6, 6.07) is 8.21. The third-order valence-corrected chi connectivity index (χ3v) is 2.75. The van der Waals surface area contributed by atoms with Gasteiger partial charge in [0.25, 0.3) is 0 Å². The highest BCUT2D eigenvalue weighted by atomic mass is 16.5. The number of benzene rings is 1. The molecule has 1 N–H and O–H groups in total. The third kappa shape index (κ3) is 4.21. The number of aliphatic hydroxyl groups excluding tert-OH is 1. The van der Waals surface area contributed by atoms with E-state index in [0.717, 1.165) is 12.3 Å². The molecule has 0 spiro atoms. The maximum atomic E-state index is 8.97. The lowest BCUT2D eigenvalue weighted by atomic mass is 10.2. The van der Waals surface area contributed by atoms with Gasteiger partial charge in [0, 0.05) is 12.6 Å². The zero-order chi connectivity index (χ0) is 12.0. The average molecular weight is 223 g/mol. The van der Waals surface area contributed by atoms with Crippen molar-refractivity contribution in [1.29, 1.82) is 0 Å². The Balaban J connectivity index is 2.27. The topological polar surface area (TPSA) is 32.7 Å². The summed E-state index contributed by atoms with van der Waals surface area (Å²) in [6.45, 7) is 5.69. The van der Waals surface area contributed by atoms with E-state index >= 15 is 0 Å². The fourth-order valence-electron chi connectivity index (χ4n) is 1.30. The quantitative estimate of drug-likeness (QED) is 0.796. The Morgan fingerprint density at radius 2 is 1.94 bits per heavy atom. The van der Waals surface area contributed by atoms with Crippen LogP contribution in [0.25, 0.3) is 0 Å². The van der Waals surface area contributed by atoms with Crippen molar-refractivity contribution in [2.75, 3.05) is 26.8 Å². The second-order valence-corrected chi connectivity index (χ2v) is 4.17. The largest absolute Gasteiger partial charge is 0.492 e. The van der Waals surface area contributed by atoms with Gasteiger partial charge in [0.15, 0.2) is 0 Å². The molecule has 0 amide bonds. The monoisotopic (exact) mass is 223 g/mol. The van der Waals surface area contributed by atoms with Crippen LogP contribution in [0.15, 0.2) is 24.3 Å². The summed E-state index contributed by atoms with van der Waals surface area (Å²) in [5, 5.41) is 8.97. The Morgan fingerprint density at radius 1 is 1.31 bits per heavy atom. The molecule has 0 saturated heterocycles. The molecule has 1 unspecified atom stereocenters. The van der Waals surface area contributed by atoms with Gasteiger partial charge in [-0.15, -0.1) is 0 Å². The van der Waals surface area contributed by atoms with Crippen LogP contribution in [0.5, 0.6) is 5.75 Å². The molecule has 0 saturated carbocycles. The maximum Gasteiger partial charge on any atom is 0.119 e. The molecule has 0 aromatic heterocycles. The lowest BCUT2D eigenvalue weighted by Crippen LogP contribution is -2.35. The van der Waals surface area contributed by atoms with Gasteiger partial charge in [-0.25, -0.2) is 0 Å². The summed E-state index contributed by atoms with van der Waals surface area (Å²) in [4.78, 5) is 2.08. The van der Waals surface area contributed by atoms with Gasteiger partial charge in [0.1, 0.15) is 12.4 Å². The second-order valence-electron chi connectivity index (χ2n) is 4.17. The number of aryl methyl sites for hydroxylation is 1. The van der Waals surface area contributed by atoms with Crippen molar-refractivity contribution in [3.05, 3.63) is 29.8 Å². The molecule has 3 heteroatoms. The molecule has 0 aliphatic carbocycles. The number of ether oxygens (including phenoxy) is 1. The lowest BCUT2D eigenvalue weighted by molar-refractivity contribution is 0.140. The molecule has 0 radical (unpaired) electrons. The van der Waals surface area contributed by atoms with Crippen LogP contribution in [0.2, 0.25) is 0 Å². The van der Waals surface area contributed by atoms with Crippen molar-refractivity contribution < 1.29 is 9.84 Å². The Morgan fingerprint density at radius 3 is 2.50 bits per heavy atom. The molecule has 1 atom stereocenters. The molecule has 1 aromatic carbocycles. The van der Waals surface area contributed by atoms with Crippen LogP contribution in [-0.4, -0.2) is 42.9 Å². The number of nitrogens with zero attached hydrogens (tertiary/aromatic N) is 1. The predicted molar refractivity (Wildman–Crippen MR) is 65.9 cm³/mol. The molecule has 1 rings (SSSR count). The van der Waals surface area contributed by atoms with Gasteiger partial charge in [-0.05, 0) is 33.0 Å². The fraction of sp³-hybridized carbons (Fsp3) is 0.538. The predicted octanol–water partition coefficient (Wildman–Crippen LogP) is 1.69. The first-order valence-corrected chi connectivity index (χ1v) is 5.64. The molecular formula is C13H21NO2. The first kappa shape index (κ1) is 13.0. The lowest BCUT2D eigenvalue weighted by Gasteiger charge is -2.22. The number of hydrogen-bond acceptors (Lipinski definition) is 3. The summed E-state index contributed by atoms with van der Waals surface area (Å²) in [7, 11) is 1.99. The average Bonchev–Trinajstić information content (AvgIpc) is 2.30. The summed E-state index contributed by atoms with van der Waals surface area (Å²) in [5.74, 6) is 0.899. The van der Waals surface area contributed by atoms with Gasteiger partial charge in [-0.1, -0.05) is 17.7 Å². The van der Waals surface area contributed by atoms with Crippen molar-refractivity contribution in [3.63, 3.8) is 0 Å². The van der Waals surface area contributed by atoms with Crippen molar-refractivity contribution in [2.24, 2.45) is 0 Å². The normalized spacial score (nSPS) is 12.8. The van der Waals surface area contributed by atoms with Crippen LogP contribution < -0.4 is 4.74 Å². The molecule has 0 bridgehead atoms. The Labute approximate surface area is 97.7 Å². The third-order valence-electron chi connectivity index (χ3n) is 2.75. The first-order valence-electron chi connectivity index (χ1n) is 5.64. The van der Waals surface area contributed by atoms with E-state index in [1.165, 1.54) is 5.56 Å². The highest BCUT2D eigenvalue weighted by Crippen LogP contribution is 2.11. The van der Waals surface area contributed by atoms with E-state index in [-0.39, 0.29) is 12.6 Å². The number of hydrogen-bond donors (Lipinski definition) is 1. The summed E-state index contributed by atoms with van der Waals surface area (Å²) in [5.41, 5.74) is 1.23. The second kappa shape index (κ2) is 6.51. The summed E-state index contributed by atoms with van der Waals surface area (Å²) in [6.07, 6.45) is 0. The molecule has 0 heterocycles. The number of likely N-dealkylation sites (N-methyl/N-ethyl adjacent to an activating group) is 1. The van der Waals surface area contributed by atoms with Gasteiger partial charge in [-0.2, -0.15) is 0 Å². The van der Waals surface area contributed by atoms with Crippen molar-refractivity contribution >= 4 is 0 Å². The van der Waals surface area contributed by atoms with E-state index in [2.05, 4.69) is 11.8 Å². The maximum absolute atomic E-state index is 8.97. The van der Waals surface area contributed by atoms with Crippen LogP contribution in [0.4, 0.5) is 0 Å². The van der Waals surface area contributed by atoms with Crippen LogP contribution in [0, 0.1) is 6.92 Å². The van der Waals surface area contributed by atoms with Crippen LogP contribution in [-0.2, 0) is 0 Å². The zero-order valence-electron chi connectivity index (χ0n) is 10.3. The van der Waals surface area contributed by atoms with Gasteiger partial charge in [0.2, 0.25) is 0 Å². The molecule has 0 aliphatic rings. The molecule has 16 heavy (non-hydrogen) atoms. The van der Waals surface area contributed by atoms with Gasteiger partial charge in [-0.3, -0.25) is 4.90 Å². The Hall–Kier alpha value is -1.06. The summed E-state index contributed by atoms with van der Waals surface area (Å²) < 4.78 is 5.60. The van der Waals surface area contributed by atoms with E-state index in [4.69, 9.17) is 9.84 Å². The fourth-order valence-corrected chi connectivity index (χ4v) is 1.30. The molecule has 1 aromatic rings. The van der Waals surface area contributed by atoms with E-state index in [1.807, 2.05) is 38.2 Å². The van der Waals surface area contributed by atoms with E-state index in [1.54, 1.807) is 0 Å². The SMILES string of the molecule is Cc1ccc(OCCN(C)C(C)CO)cc1. The van der Waals surface area contributed by atoms with E-state index < -0.39 is 0 Å². The highest BCUT2D eigenvalue weighted by Gasteiger charge is 2.06. The minimum Gasteiger partial charge on any atom is -0.492 e. The van der Waals surface area contributed by atoms with E-state index in [9.17, 15) is 0 Å². The smallest absolute Gasteiger partial charge is 0.119 e. The number of aliphatic hydroxyl groups is 1. The van der Waals surface area contributed by atoms with Crippen LogP contribution >= 0.6 is 0 Å². The molecule has 3 nitrogen and oxygen atoms in total. The van der Waals surface area contributed by atoms with Gasteiger partial charge < -0.3 is 9.84 Å². The van der Waals surface area contributed by atoms with Gasteiger partial charge in [0.05, 0.1) is 6.61 Å². The molecule has 0 fully saturated rings. The van der Waals surface area contributed by atoms with E-state index in [0.29, 0.717) is 6.61 Å². The molecular weight excluding hydrogens is 202 g/mol. The number of rotatable bonds is 6. The van der Waals surface area contributed by atoms with Crippen molar-refractivity contribution in [1.82, 2.24) is 4.90 Å². The highest BCUT2D eigenvalue weighted by molar-refractivity contribution is 5.26. The first-order chi connectivity index (χ1) is 7.63. The minimum absolute atomic E-state index is 0.182. The van der Waals surface area contributed by atoms with Crippen molar-refractivity contribution in [2.45, 2.75) is 19.9 Å². The molecule has 0 aliphatic heterocycles. The van der Waals surface area contributed by atoms with Gasteiger partial charge >= 0.3 is 0 Å². The van der Waals surface area contributed by atoms with Crippen LogP contribution in [0.1, 0.15) is 12.5 Å². The van der Waals surface area contributed by atoms with Crippen molar-refractivity contribution in [3.8, 4) is 5.75 Å². The Bertz CT molecular complexity index is 297.